The maximum Gasteiger partial charge on any atom is 0.225 e. The molecule has 0 unspecified atom stereocenters. The highest BCUT2D eigenvalue weighted by Crippen LogP contribution is 2.29. The van der Waals surface area contributed by atoms with Crippen molar-refractivity contribution in [1.82, 2.24) is 24.3 Å². The van der Waals surface area contributed by atoms with Gasteiger partial charge in [-0.05, 0) is 78.2 Å². The first-order valence-corrected chi connectivity index (χ1v) is 13.7. The summed E-state index contributed by atoms with van der Waals surface area (Å²) < 4.78 is 2.18. The van der Waals surface area contributed by atoms with E-state index in [4.69, 9.17) is 4.98 Å². The fraction of sp³-hybridized carbons (Fsp3) is 0.621. The molecule has 1 amide bonds. The zero-order chi connectivity index (χ0) is 25.7. The van der Waals surface area contributed by atoms with Crippen LogP contribution in [-0.2, 0) is 11.3 Å². The van der Waals surface area contributed by atoms with Crippen LogP contribution < -0.4 is 5.32 Å². The Hall–Kier alpha value is -2.51. The molecule has 7 nitrogen and oxygen atoms in total. The molecule has 0 atom stereocenters. The molecule has 1 fully saturated rings. The molecule has 1 aromatic carbocycles. The van der Waals surface area contributed by atoms with Crippen LogP contribution in [0.4, 0.5) is 5.82 Å². The number of anilines is 1. The molecule has 3 aromatic rings. The van der Waals surface area contributed by atoms with E-state index in [1.807, 2.05) is 24.5 Å². The van der Waals surface area contributed by atoms with E-state index >= 15 is 0 Å². The zero-order valence-electron chi connectivity index (χ0n) is 22.8. The number of aromatic nitrogens is 3. The van der Waals surface area contributed by atoms with Gasteiger partial charge in [0, 0.05) is 30.4 Å². The topological polar surface area (TPSA) is 66.3 Å². The monoisotopic (exact) mass is 492 g/mol. The quantitative estimate of drug-likeness (QED) is 0.356. The summed E-state index contributed by atoms with van der Waals surface area (Å²) in [5.41, 5.74) is 2.70. The Morgan fingerprint density at radius 2 is 1.78 bits per heavy atom. The molecule has 1 saturated carbocycles. The van der Waals surface area contributed by atoms with Crippen molar-refractivity contribution in [3.63, 3.8) is 0 Å². The molecule has 0 saturated heterocycles. The second-order valence-corrected chi connectivity index (χ2v) is 11.2. The number of rotatable bonds is 11. The number of nitrogens with one attached hydrogen (secondary N) is 1. The summed E-state index contributed by atoms with van der Waals surface area (Å²) in [5, 5.41) is 4.14. The van der Waals surface area contributed by atoms with Gasteiger partial charge in [0.1, 0.15) is 5.52 Å². The lowest BCUT2D eigenvalue weighted by Crippen LogP contribution is -2.40. The molecule has 7 heteroatoms. The molecule has 0 bridgehead atoms. The second-order valence-electron chi connectivity index (χ2n) is 11.2. The highest BCUT2D eigenvalue weighted by Gasteiger charge is 2.24. The van der Waals surface area contributed by atoms with Crippen molar-refractivity contribution in [2.75, 3.05) is 33.0 Å². The number of fused-ring (bicyclic) bond motifs is 3. The molecule has 0 spiro atoms. The number of pyridine rings is 1. The molecular weight excluding hydrogens is 448 g/mol. The van der Waals surface area contributed by atoms with Gasteiger partial charge in [0.15, 0.2) is 5.82 Å². The molecule has 196 valence electrons. The van der Waals surface area contributed by atoms with Gasteiger partial charge in [-0.25, -0.2) is 9.97 Å². The minimum absolute atomic E-state index is 0.0212. The Morgan fingerprint density at radius 3 is 2.50 bits per heavy atom. The number of hydrogen-bond donors (Lipinski definition) is 1. The second kappa shape index (κ2) is 12.2. The first kappa shape index (κ1) is 26.6. The third-order valence-electron chi connectivity index (χ3n) is 7.71. The summed E-state index contributed by atoms with van der Waals surface area (Å²) in [6, 6.07) is 9.55. The van der Waals surface area contributed by atoms with Gasteiger partial charge in [-0.3, -0.25) is 4.79 Å². The maximum absolute atomic E-state index is 12.8. The molecule has 0 radical (unpaired) electrons. The summed E-state index contributed by atoms with van der Waals surface area (Å²) in [6.45, 7) is 6.39. The van der Waals surface area contributed by atoms with Crippen molar-refractivity contribution in [2.24, 2.45) is 5.92 Å². The fourth-order valence-corrected chi connectivity index (χ4v) is 5.62. The fourth-order valence-electron chi connectivity index (χ4n) is 5.62. The summed E-state index contributed by atoms with van der Waals surface area (Å²) in [6.07, 6.45) is 10.7. The highest BCUT2D eigenvalue weighted by molar-refractivity contribution is 6.09. The Kier molecular flexibility index (Phi) is 8.96. The van der Waals surface area contributed by atoms with E-state index in [1.54, 1.807) is 0 Å². The van der Waals surface area contributed by atoms with Gasteiger partial charge in [-0.15, -0.1) is 0 Å². The summed E-state index contributed by atoms with van der Waals surface area (Å²) >= 11 is 0. The lowest BCUT2D eigenvalue weighted by atomic mass is 9.89. The molecular formula is C29H44N6O. The normalized spacial score (nSPS) is 18.7. The van der Waals surface area contributed by atoms with E-state index in [0.717, 1.165) is 60.3 Å². The van der Waals surface area contributed by atoms with Crippen LogP contribution in [0.5, 0.6) is 0 Å². The lowest BCUT2D eigenvalue weighted by Gasteiger charge is -2.37. The number of imidazole rings is 1. The Balaban J connectivity index is 1.28. The van der Waals surface area contributed by atoms with Gasteiger partial charge in [-0.1, -0.05) is 38.5 Å². The number of unbranched alkanes of at least 4 members (excludes halogenated alkanes) is 2. The molecule has 4 rings (SSSR count). The first-order chi connectivity index (χ1) is 17.3. The first-order valence-electron chi connectivity index (χ1n) is 13.7. The van der Waals surface area contributed by atoms with E-state index in [2.05, 4.69) is 65.7 Å². The van der Waals surface area contributed by atoms with Crippen LogP contribution in [0.1, 0.15) is 65.2 Å². The number of amides is 1. The van der Waals surface area contributed by atoms with Crippen LogP contribution >= 0.6 is 0 Å². The van der Waals surface area contributed by atoms with Crippen LogP contribution in [0.3, 0.4) is 0 Å². The molecule has 0 aliphatic heterocycles. The molecule has 2 heterocycles. The van der Waals surface area contributed by atoms with Crippen LogP contribution in [0.25, 0.3) is 21.9 Å². The van der Waals surface area contributed by atoms with Gasteiger partial charge in [0.2, 0.25) is 5.91 Å². The number of carbonyl (C=O) groups is 1. The molecule has 1 N–H and O–H groups in total. The third kappa shape index (κ3) is 6.43. The average molecular weight is 493 g/mol. The van der Waals surface area contributed by atoms with Gasteiger partial charge >= 0.3 is 0 Å². The summed E-state index contributed by atoms with van der Waals surface area (Å²) in [4.78, 5) is 27.1. The van der Waals surface area contributed by atoms with Gasteiger partial charge in [-0.2, -0.15) is 0 Å². The lowest BCUT2D eigenvalue weighted by molar-refractivity contribution is -0.116. The number of benzene rings is 1. The number of hydrogen-bond acceptors (Lipinski definition) is 5. The molecule has 36 heavy (non-hydrogen) atoms. The largest absolute Gasteiger partial charge is 0.330 e. The highest BCUT2D eigenvalue weighted by atomic mass is 16.1. The van der Waals surface area contributed by atoms with E-state index in [-0.39, 0.29) is 5.91 Å². The Bertz CT molecular complexity index is 1150. The minimum Gasteiger partial charge on any atom is -0.330 e. The maximum atomic E-state index is 12.8. The molecule has 1 aliphatic carbocycles. The Morgan fingerprint density at radius 1 is 1.06 bits per heavy atom. The molecule has 2 aromatic heterocycles. The van der Waals surface area contributed by atoms with Crippen LogP contribution in [-0.4, -0.2) is 70.0 Å². The predicted octanol–water partition coefficient (Wildman–Crippen LogP) is 5.54. The van der Waals surface area contributed by atoms with E-state index in [9.17, 15) is 4.79 Å². The van der Waals surface area contributed by atoms with Gasteiger partial charge in [0.25, 0.3) is 0 Å². The number of para-hydroxylation sites is 1. The number of nitrogens with zero attached hydrogens (tertiary/aromatic N) is 5. The SMILES string of the molecule is CC(C)Cn1cnc2c(NC(=O)CCCCCN(C)[C@H]3CC[C@@H](N(C)C)CC3)nc3ccccc3c21. The van der Waals surface area contributed by atoms with Crippen molar-refractivity contribution < 1.29 is 4.79 Å². The van der Waals surface area contributed by atoms with Crippen molar-refractivity contribution in [3.8, 4) is 0 Å². The van der Waals surface area contributed by atoms with Gasteiger partial charge in [0.05, 0.1) is 17.4 Å². The third-order valence-corrected chi connectivity index (χ3v) is 7.71. The molecule has 1 aliphatic rings. The smallest absolute Gasteiger partial charge is 0.225 e. The number of carbonyl (C=O) groups excluding carboxylic acids is 1. The summed E-state index contributed by atoms with van der Waals surface area (Å²) in [5.74, 6) is 1.09. The summed E-state index contributed by atoms with van der Waals surface area (Å²) in [7, 11) is 6.66. The van der Waals surface area contributed by atoms with Crippen LogP contribution in [0.2, 0.25) is 0 Å². The van der Waals surface area contributed by atoms with Crippen molar-refractivity contribution in [3.05, 3.63) is 30.6 Å². The van der Waals surface area contributed by atoms with E-state index < -0.39 is 0 Å². The Labute approximate surface area is 216 Å². The van der Waals surface area contributed by atoms with Crippen LogP contribution in [0.15, 0.2) is 30.6 Å². The zero-order valence-corrected chi connectivity index (χ0v) is 22.8. The average Bonchev–Trinajstić information content (AvgIpc) is 3.27. The van der Waals surface area contributed by atoms with Crippen molar-refractivity contribution in [1.29, 1.82) is 0 Å². The van der Waals surface area contributed by atoms with Crippen molar-refractivity contribution >= 4 is 33.7 Å². The minimum atomic E-state index is 0.0212. The standard InChI is InChI=1S/C29H44N6O/c1-21(2)19-35-20-30-27-28(35)24-11-8-9-12-25(24)31-29(27)32-26(36)13-7-6-10-18-34(5)23-16-14-22(15-17-23)33(3)4/h8-9,11-12,20-23H,6-7,10,13-19H2,1-5H3,(H,31,32,36)/t22-,23+. The van der Waals surface area contributed by atoms with Crippen molar-refractivity contribution in [2.45, 2.75) is 83.8 Å². The van der Waals surface area contributed by atoms with Gasteiger partial charge < -0.3 is 19.7 Å². The predicted molar refractivity (Wildman–Crippen MR) is 149 cm³/mol. The van der Waals surface area contributed by atoms with E-state index in [0.29, 0.717) is 24.2 Å². The van der Waals surface area contributed by atoms with Crippen LogP contribution in [0, 0.1) is 5.92 Å². The van der Waals surface area contributed by atoms with E-state index in [1.165, 1.54) is 25.7 Å².